The highest BCUT2D eigenvalue weighted by atomic mass is 16.5. The molecule has 0 radical (unpaired) electrons. The topological polar surface area (TPSA) is 103 Å². The highest BCUT2D eigenvalue weighted by Gasteiger charge is 2.39. The maximum atomic E-state index is 13.3. The number of rotatable bonds is 11. The van der Waals surface area contributed by atoms with E-state index in [-0.39, 0.29) is 19.8 Å². The van der Waals surface area contributed by atoms with Gasteiger partial charge < -0.3 is 24.8 Å². The SMILES string of the molecule is CCOC(=O)C(=Cc1ccccc1C1C(C(=O)OCC)=C(C)NC(CNC)=C1C(=O)OCC)CC. The van der Waals surface area contributed by atoms with Crippen molar-refractivity contribution in [1.82, 2.24) is 10.6 Å². The van der Waals surface area contributed by atoms with Crippen LogP contribution in [-0.4, -0.2) is 51.3 Å². The van der Waals surface area contributed by atoms with Crippen LogP contribution in [0.15, 0.2) is 52.4 Å². The molecule has 1 unspecified atom stereocenters. The number of esters is 3. The van der Waals surface area contributed by atoms with Gasteiger partial charge in [-0.15, -0.1) is 0 Å². The summed E-state index contributed by atoms with van der Waals surface area (Å²) in [7, 11) is 1.77. The lowest BCUT2D eigenvalue weighted by atomic mass is 9.78. The Bertz CT molecular complexity index is 1040. The average Bonchev–Trinajstić information content (AvgIpc) is 2.82. The molecule has 1 aromatic rings. The predicted octanol–water partition coefficient (Wildman–Crippen LogP) is 3.60. The standard InChI is InChI=1S/C27H36N2O6/c1-7-18(25(30)33-8-2)15-19-13-11-12-14-20(19)23-22(26(31)34-9-3)17(5)29-21(16-28-6)24(23)27(32)35-10-4/h11-15,23,28-29H,7-10,16H2,1-6H3. The van der Waals surface area contributed by atoms with Crippen LogP contribution >= 0.6 is 0 Å². The molecule has 0 spiro atoms. The van der Waals surface area contributed by atoms with Gasteiger partial charge in [-0.05, 0) is 58.4 Å². The van der Waals surface area contributed by atoms with E-state index < -0.39 is 23.8 Å². The minimum absolute atomic E-state index is 0.184. The Morgan fingerprint density at radius 1 is 0.943 bits per heavy atom. The Morgan fingerprint density at radius 2 is 1.54 bits per heavy atom. The van der Waals surface area contributed by atoms with Crippen molar-refractivity contribution in [3.05, 3.63) is 63.5 Å². The number of dihydropyridines is 1. The van der Waals surface area contributed by atoms with Crippen LogP contribution in [0.2, 0.25) is 0 Å². The lowest BCUT2D eigenvalue weighted by Crippen LogP contribution is -2.36. The summed E-state index contributed by atoms with van der Waals surface area (Å²) in [6.45, 7) is 9.88. The van der Waals surface area contributed by atoms with Crippen molar-refractivity contribution in [3.8, 4) is 0 Å². The first-order valence-corrected chi connectivity index (χ1v) is 12.0. The molecule has 1 atom stereocenters. The Labute approximate surface area is 207 Å². The van der Waals surface area contributed by atoms with Gasteiger partial charge in [-0.25, -0.2) is 14.4 Å². The second kappa shape index (κ2) is 13.5. The van der Waals surface area contributed by atoms with Crippen molar-refractivity contribution < 1.29 is 28.6 Å². The van der Waals surface area contributed by atoms with Gasteiger partial charge >= 0.3 is 17.9 Å². The summed E-state index contributed by atoms with van der Waals surface area (Å²) in [4.78, 5) is 38.9. The van der Waals surface area contributed by atoms with E-state index in [0.717, 1.165) is 0 Å². The molecule has 0 saturated heterocycles. The summed E-state index contributed by atoms with van der Waals surface area (Å²) < 4.78 is 16.0. The van der Waals surface area contributed by atoms with Crippen LogP contribution in [0, 0.1) is 0 Å². The number of benzene rings is 1. The van der Waals surface area contributed by atoms with Gasteiger partial charge in [0, 0.05) is 23.5 Å². The first kappa shape index (κ1) is 27.9. The van der Waals surface area contributed by atoms with E-state index in [9.17, 15) is 14.4 Å². The normalized spacial score (nSPS) is 16.1. The number of nitrogens with one attached hydrogen (secondary N) is 2. The number of carbonyl (C=O) groups excluding carboxylic acids is 3. The van der Waals surface area contributed by atoms with Crippen molar-refractivity contribution in [2.45, 2.75) is 47.0 Å². The van der Waals surface area contributed by atoms with Crippen molar-refractivity contribution in [3.63, 3.8) is 0 Å². The van der Waals surface area contributed by atoms with Gasteiger partial charge in [-0.1, -0.05) is 31.2 Å². The molecule has 0 aromatic heterocycles. The van der Waals surface area contributed by atoms with Crippen LogP contribution in [0.1, 0.15) is 58.1 Å². The minimum Gasteiger partial charge on any atom is -0.463 e. The van der Waals surface area contributed by atoms with Crippen LogP contribution in [0.4, 0.5) is 0 Å². The molecule has 1 aromatic carbocycles. The minimum atomic E-state index is -0.759. The molecule has 190 valence electrons. The maximum Gasteiger partial charge on any atom is 0.336 e. The maximum absolute atomic E-state index is 13.3. The molecule has 1 aliphatic rings. The second-order valence-corrected chi connectivity index (χ2v) is 7.83. The Morgan fingerprint density at radius 3 is 2.11 bits per heavy atom. The summed E-state index contributed by atoms with van der Waals surface area (Å²) in [5.41, 5.74) is 3.72. The van der Waals surface area contributed by atoms with Gasteiger partial charge in [-0.3, -0.25) is 0 Å². The van der Waals surface area contributed by atoms with E-state index in [1.807, 2.05) is 31.2 Å². The smallest absolute Gasteiger partial charge is 0.336 e. The summed E-state index contributed by atoms with van der Waals surface area (Å²) in [5, 5.41) is 6.28. The summed E-state index contributed by atoms with van der Waals surface area (Å²) in [6.07, 6.45) is 2.22. The highest BCUT2D eigenvalue weighted by molar-refractivity contribution is 6.01. The molecule has 8 heteroatoms. The lowest BCUT2D eigenvalue weighted by Gasteiger charge is -2.32. The molecule has 8 nitrogen and oxygen atoms in total. The van der Waals surface area contributed by atoms with E-state index in [2.05, 4.69) is 10.6 Å². The van der Waals surface area contributed by atoms with E-state index in [1.54, 1.807) is 40.8 Å². The molecule has 0 aliphatic carbocycles. The Kier molecular flexibility index (Phi) is 10.7. The molecular formula is C27H36N2O6. The quantitative estimate of drug-likeness (QED) is 0.279. The molecule has 2 rings (SSSR count). The number of likely N-dealkylation sites (N-methyl/N-ethyl adjacent to an activating group) is 1. The van der Waals surface area contributed by atoms with Crippen LogP contribution in [-0.2, 0) is 28.6 Å². The van der Waals surface area contributed by atoms with Crippen LogP contribution < -0.4 is 10.6 Å². The zero-order valence-electron chi connectivity index (χ0n) is 21.4. The molecule has 1 aliphatic heterocycles. The summed E-state index contributed by atoms with van der Waals surface area (Å²) in [5.74, 6) is -2.20. The fourth-order valence-electron chi connectivity index (χ4n) is 4.08. The van der Waals surface area contributed by atoms with E-state index >= 15 is 0 Å². The fraction of sp³-hybridized carbons (Fsp3) is 0.444. The molecule has 0 fully saturated rings. The zero-order valence-corrected chi connectivity index (χ0v) is 21.4. The molecule has 2 N–H and O–H groups in total. The van der Waals surface area contributed by atoms with E-state index in [4.69, 9.17) is 14.2 Å². The Balaban J connectivity index is 2.84. The predicted molar refractivity (Wildman–Crippen MR) is 134 cm³/mol. The molecule has 0 amide bonds. The molecule has 35 heavy (non-hydrogen) atoms. The van der Waals surface area contributed by atoms with Gasteiger partial charge in [0.2, 0.25) is 0 Å². The largest absolute Gasteiger partial charge is 0.463 e. The van der Waals surface area contributed by atoms with Gasteiger partial charge in [0.15, 0.2) is 0 Å². The van der Waals surface area contributed by atoms with Gasteiger partial charge in [0.1, 0.15) is 0 Å². The number of hydrogen-bond donors (Lipinski definition) is 2. The summed E-state index contributed by atoms with van der Waals surface area (Å²) >= 11 is 0. The highest BCUT2D eigenvalue weighted by Crippen LogP contribution is 2.41. The fourth-order valence-corrected chi connectivity index (χ4v) is 4.08. The van der Waals surface area contributed by atoms with Crippen LogP contribution in [0.5, 0.6) is 0 Å². The number of allylic oxidation sites excluding steroid dienone is 1. The number of carbonyl (C=O) groups is 3. The van der Waals surface area contributed by atoms with E-state index in [0.29, 0.717) is 52.2 Å². The third-order valence-corrected chi connectivity index (χ3v) is 5.54. The number of ether oxygens (including phenoxy) is 3. The molecule has 0 saturated carbocycles. The van der Waals surface area contributed by atoms with Crippen molar-refractivity contribution in [1.29, 1.82) is 0 Å². The van der Waals surface area contributed by atoms with Gasteiger partial charge in [-0.2, -0.15) is 0 Å². The molecular weight excluding hydrogens is 448 g/mol. The first-order chi connectivity index (χ1) is 16.8. The van der Waals surface area contributed by atoms with Crippen LogP contribution in [0.3, 0.4) is 0 Å². The average molecular weight is 485 g/mol. The third kappa shape index (κ3) is 6.60. The number of hydrogen-bond acceptors (Lipinski definition) is 8. The Hall–Kier alpha value is -3.39. The first-order valence-electron chi connectivity index (χ1n) is 12.0. The second-order valence-electron chi connectivity index (χ2n) is 7.83. The van der Waals surface area contributed by atoms with Crippen molar-refractivity contribution in [2.24, 2.45) is 0 Å². The van der Waals surface area contributed by atoms with Crippen LogP contribution in [0.25, 0.3) is 6.08 Å². The monoisotopic (exact) mass is 484 g/mol. The molecule has 1 heterocycles. The van der Waals surface area contributed by atoms with E-state index in [1.165, 1.54) is 0 Å². The third-order valence-electron chi connectivity index (χ3n) is 5.54. The molecule has 0 bridgehead atoms. The summed E-state index contributed by atoms with van der Waals surface area (Å²) in [6, 6.07) is 7.38. The van der Waals surface area contributed by atoms with Gasteiger partial charge in [0.25, 0.3) is 0 Å². The van der Waals surface area contributed by atoms with Gasteiger partial charge in [0.05, 0.1) is 36.9 Å². The van der Waals surface area contributed by atoms with Crippen molar-refractivity contribution >= 4 is 24.0 Å². The van der Waals surface area contributed by atoms with Crippen molar-refractivity contribution in [2.75, 3.05) is 33.4 Å². The zero-order chi connectivity index (χ0) is 26.0. The lowest BCUT2D eigenvalue weighted by molar-refractivity contribution is -0.140.